The van der Waals surface area contributed by atoms with Crippen molar-refractivity contribution in [2.45, 2.75) is 68.4 Å². The van der Waals surface area contributed by atoms with E-state index in [1.807, 2.05) is 6.92 Å². The summed E-state index contributed by atoms with van der Waals surface area (Å²) >= 11 is 0. The van der Waals surface area contributed by atoms with Crippen molar-refractivity contribution in [1.29, 1.82) is 0 Å². The highest BCUT2D eigenvalue weighted by Gasteiger charge is 2.02. The lowest BCUT2D eigenvalue weighted by atomic mass is 10.2. The van der Waals surface area contributed by atoms with E-state index in [0.29, 0.717) is 0 Å². The molecule has 0 aliphatic heterocycles. The summed E-state index contributed by atoms with van der Waals surface area (Å²) < 4.78 is 4.91. The fourth-order valence-electron chi connectivity index (χ4n) is 0.834. The first kappa shape index (κ1) is 22.9. The van der Waals surface area contributed by atoms with Crippen molar-refractivity contribution in [3.05, 3.63) is 0 Å². The highest BCUT2D eigenvalue weighted by atomic mass is 16.5. The topological polar surface area (TPSA) is 26.3 Å². The third-order valence-electron chi connectivity index (χ3n) is 1.33. The van der Waals surface area contributed by atoms with Gasteiger partial charge in [-0.2, -0.15) is 0 Å². The van der Waals surface area contributed by atoms with E-state index in [2.05, 4.69) is 6.92 Å². The second-order valence-electron chi connectivity index (χ2n) is 2.56. The van der Waals surface area contributed by atoms with Gasteiger partial charge < -0.3 is 4.74 Å². The minimum absolute atomic E-state index is 0. The van der Waals surface area contributed by atoms with Gasteiger partial charge in [0.05, 0.1) is 6.10 Å². The number of rotatable bonds is 4. The van der Waals surface area contributed by atoms with Gasteiger partial charge in [-0.25, -0.2) is 0 Å². The average Bonchev–Trinajstić information content (AvgIpc) is 1.82. The standard InChI is InChI=1S/C8H16O2.3CH4/c1-4-5-6-7(2)10-8(3)9;;;/h7H,4-6H2,1-3H3;3*1H4. The molecule has 0 bridgehead atoms. The van der Waals surface area contributed by atoms with Crippen LogP contribution in [-0.2, 0) is 9.53 Å². The first-order valence-corrected chi connectivity index (χ1v) is 3.84. The molecule has 0 heterocycles. The molecule has 0 aliphatic rings. The molecule has 0 saturated heterocycles. The Morgan fingerprint density at radius 3 is 2.08 bits per heavy atom. The predicted octanol–water partition coefficient (Wildman–Crippen LogP) is 4.04. The van der Waals surface area contributed by atoms with Crippen molar-refractivity contribution in [2.24, 2.45) is 0 Å². The van der Waals surface area contributed by atoms with Crippen molar-refractivity contribution in [3.63, 3.8) is 0 Å². The van der Waals surface area contributed by atoms with Crippen LogP contribution >= 0.6 is 0 Å². The molecule has 0 aromatic rings. The molecule has 0 saturated carbocycles. The Labute approximate surface area is 84.7 Å². The first-order valence-electron chi connectivity index (χ1n) is 3.84. The third kappa shape index (κ3) is 18.4. The molecule has 0 N–H and O–H groups in total. The van der Waals surface area contributed by atoms with Crippen LogP contribution in [-0.4, -0.2) is 12.1 Å². The Morgan fingerprint density at radius 1 is 1.31 bits per heavy atom. The molecule has 0 spiro atoms. The highest BCUT2D eigenvalue weighted by Crippen LogP contribution is 2.03. The molecule has 2 nitrogen and oxygen atoms in total. The van der Waals surface area contributed by atoms with Crippen LogP contribution in [0.2, 0.25) is 0 Å². The number of carbonyl (C=O) groups is 1. The molecule has 0 rings (SSSR count). The molecule has 13 heavy (non-hydrogen) atoms. The summed E-state index contributed by atoms with van der Waals surface area (Å²) in [7, 11) is 0. The average molecular weight is 192 g/mol. The molecular weight excluding hydrogens is 164 g/mol. The number of esters is 1. The maximum Gasteiger partial charge on any atom is 0.302 e. The minimum Gasteiger partial charge on any atom is -0.463 e. The van der Waals surface area contributed by atoms with E-state index in [1.54, 1.807) is 0 Å². The summed E-state index contributed by atoms with van der Waals surface area (Å²) in [6.45, 7) is 5.50. The fourth-order valence-corrected chi connectivity index (χ4v) is 0.834. The van der Waals surface area contributed by atoms with Gasteiger partial charge in [0.15, 0.2) is 0 Å². The Kier molecular flexibility index (Phi) is 24.7. The quantitative estimate of drug-likeness (QED) is 0.628. The van der Waals surface area contributed by atoms with E-state index in [9.17, 15) is 4.79 Å². The predicted molar refractivity (Wildman–Crippen MR) is 60.9 cm³/mol. The molecule has 0 aromatic carbocycles. The number of carbonyl (C=O) groups excluding carboxylic acids is 1. The van der Waals surface area contributed by atoms with Gasteiger partial charge in [-0.1, -0.05) is 42.0 Å². The SMILES string of the molecule is C.C.C.CCCCC(C)OC(C)=O. The molecule has 1 atom stereocenters. The van der Waals surface area contributed by atoms with Crippen LogP contribution in [0.4, 0.5) is 0 Å². The lowest BCUT2D eigenvalue weighted by molar-refractivity contribution is -0.145. The second-order valence-corrected chi connectivity index (χ2v) is 2.56. The zero-order valence-corrected chi connectivity index (χ0v) is 7.02. The van der Waals surface area contributed by atoms with E-state index in [1.165, 1.54) is 6.92 Å². The summed E-state index contributed by atoms with van der Waals surface area (Å²) in [5.41, 5.74) is 0. The largest absolute Gasteiger partial charge is 0.463 e. The summed E-state index contributed by atoms with van der Waals surface area (Å²) in [5, 5.41) is 0. The lowest BCUT2D eigenvalue weighted by Crippen LogP contribution is -2.11. The number of unbranched alkanes of at least 4 members (excludes halogenated alkanes) is 1. The maximum atomic E-state index is 10.4. The monoisotopic (exact) mass is 192 g/mol. The van der Waals surface area contributed by atoms with E-state index < -0.39 is 0 Å². The summed E-state index contributed by atoms with van der Waals surface area (Å²) in [4.78, 5) is 10.4. The molecule has 1 unspecified atom stereocenters. The molecule has 2 heteroatoms. The van der Waals surface area contributed by atoms with E-state index >= 15 is 0 Å². The zero-order valence-electron chi connectivity index (χ0n) is 7.02. The Balaban J connectivity index is -0.000000135. The van der Waals surface area contributed by atoms with Gasteiger partial charge >= 0.3 is 5.97 Å². The fraction of sp³-hybridized carbons (Fsp3) is 0.909. The Bertz CT molecular complexity index is 100. The molecule has 0 amide bonds. The smallest absolute Gasteiger partial charge is 0.302 e. The van der Waals surface area contributed by atoms with Crippen LogP contribution in [0, 0.1) is 0 Å². The van der Waals surface area contributed by atoms with E-state index in [-0.39, 0.29) is 34.4 Å². The van der Waals surface area contributed by atoms with Gasteiger partial charge in [-0.3, -0.25) is 4.79 Å². The van der Waals surface area contributed by atoms with Crippen molar-refractivity contribution in [2.75, 3.05) is 0 Å². The van der Waals surface area contributed by atoms with Gasteiger partial charge in [0, 0.05) is 6.92 Å². The highest BCUT2D eigenvalue weighted by molar-refractivity contribution is 5.66. The second kappa shape index (κ2) is 14.0. The van der Waals surface area contributed by atoms with Gasteiger partial charge in [0.25, 0.3) is 0 Å². The van der Waals surface area contributed by atoms with Crippen molar-refractivity contribution < 1.29 is 9.53 Å². The van der Waals surface area contributed by atoms with Crippen LogP contribution in [0.15, 0.2) is 0 Å². The zero-order chi connectivity index (χ0) is 7.98. The molecule has 0 radical (unpaired) electrons. The van der Waals surface area contributed by atoms with Gasteiger partial charge in [0.2, 0.25) is 0 Å². The molecule has 0 fully saturated rings. The number of ether oxygens (including phenoxy) is 1. The minimum atomic E-state index is -0.177. The molecule has 0 aliphatic carbocycles. The summed E-state index contributed by atoms with van der Waals surface area (Å²) in [6, 6.07) is 0. The van der Waals surface area contributed by atoms with Crippen LogP contribution < -0.4 is 0 Å². The van der Waals surface area contributed by atoms with Crippen LogP contribution in [0.25, 0.3) is 0 Å². The van der Waals surface area contributed by atoms with E-state index in [4.69, 9.17) is 4.74 Å². The third-order valence-corrected chi connectivity index (χ3v) is 1.33. The Morgan fingerprint density at radius 2 is 1.77 bits per heavy atom. The van der Waals surface area contributed by atoms with Gasteiger partial charge in [-0.15, -0.1) is 0 Å². The lowest BCUT2D eigenvalue weighted by Gasteiger charge is -2.09. The van der Waals surface area contributed by atoms with Crippen LogP contribution in [0.1, 0.15) is 62.3 Å². The van der Waals surface area contributed by atoms with Crippen molar-refractivity contribution in [1.82, 2.24) is 0 Å². The molecular formula is C11H28O2. The number of hydrogen-bond acceptors (Lipinski definition) is 2. The summed E-state index contributed by atoms with van der Waals surface area (Å²) in [6.07, 6.45) is 3.37. The van der Waals surface area contributed by atoms with Crippen molar-refractivity contribution in [3.8, 4) is 0 Å². The number of hydrogen-bond donors (Lipinski definition) is 0. The van der Waals surface area contributed by atoms with Crippen LogP contribution in [0.5, 0.6) is 0 Å². The molecule has 0 aromatic heterocycles. The van der Waals surface area contributed by atoms with Crippen molar-refractivity contribution >= 4 is 5.97 Å². The molecule has 84 valence electrons. The van der Waals surface area contributed by atoms with Gasteiger partial charge in [0.1, 0.15) is 0 Å². The van der Waals surface area contributed by atoms with Gasteiger partial charge in [-0.05, 0) is 13.3 Å². The Hall–Kier alpha value is -0.530. The van der Waals surface area contributed by atoms with E-state index in [0.717, 1.165) is 19.3 Å². The summed E-state index contributed by atoms with van der Waals surface area (Å²) in [5.74, 6) is -0.177. The normalized spacial score (nSPS) is 9.77. The maximum absolute atomic E-state index is 10.4. The first-order chi connectivity index (χ1) is 4.66. The van der Waals surface area contributed by atoms with Crippen LogP contribution in [0.3, 0.4) is 0 Å².